The Balaban J connectivity index is 1.71. The van der Waals surface area contributed by atoms with Gasteiger partial charge in [0.25, 0.3) is 0 Å². The van der Waals surface area contributed by atoms with Gasteiger partial charge in [-0.05, 0) is 23.8 Å². The van der Waals surface area contributed by atoms with Crippen molar-refractivity contribution in [2.45, 2.75) is 38.5 Å². The molecule has 0 saturated carbocycles. The highest BCUT2D eigenvalue weighted by atomic mass is 35.5. The topological polar surface area (TPSA) is 109 Å². The number of hydrogen-bond acceptors (Lipinski definition) is 6. The number of carbonyl (C=O) groups is 2. The largest absolute Gasteiger partial charge is 0.490 e. The van der Waals surface area contributed by atoms with E-state index in [0.29, 0.717) is 48.8 Å². The number of nitrogens with two attached hydrogens (primary N) is 1. The average Bonchev–Trinajstić information content (AvgIpc) is 2.82. The van der Waals surface area contributed by atoms with Crippen LogP contribution in [0.15, 0.2) is 64.6 Å². The molecule has 3 rings (SSSR count). The molecule has 2 aliphatic rings. The van der Waals surface area contributed by atoms with Crippen molar-refractivity contribution in [1.82, 2.24) is 15.5 Å². The fraction of sp³-hybridized carbons (Fsp3) is 0.375. The van der Waals surface area contributed by atoms with E-state index in [4.69, 9.17) is 22.1 Å². The summed E-state index contributed by atoms with van der Waals surface area (Å²) in [6.45, 7) is 3.25. The molecule has 1 saturated heterocycles. The molecule has 9 heteroatoms. The van der Waals surface area contributed by atoms with Gasteiger partial charge in [0.2, 0.25) is 11.8 Å². The molecule has 1 fully saturated rings. The number of dihydropyridines is 1. The lowest BCUT2D eigenvalue weighted by atomic mass is 10.0. The molecule has 0 aromatic heterocycles. The summed E-state index contributed by atoms with van der Waals surface area (Å²) in [6.07, 6.45) is 7.96. The van der Waals surface area contributed by atoms with Crippen LogP contribution >= 0.6 is 11.6 Å². The molecule has 1 atom stereocenters. The number of nitrogens with one attached hydrogen (secondary N) is 2. The minimum absolute atomic E-state index is 0.0660. The van der Waals surface area contributed by atoms with Crippen LogP contribution in [-0.2, 0) is 20.9 Å². The normalized spacial score (nSPS) is 19.5. The lowest BCUT2D eigenvalue weighted by Gasteiger charge is -2.33. The predicted octanol–water partition coefficient (Wildman–Crippen LogP) is 2.27. The fourth-order valence-corrected chi connectivity index (χ4v) is 3.85. The smallest absolute Gasteiger partial charge is 0.246 e. The molecule has 0 bridgehead atoms. The Labute approximate surface area is 199 Å². The van der Waals surface area contributed by atoms with Crippen LogP contribution in [0.3, 0.4) is 0 Å². The standard InChI is InChI=1S/C24H30ClN5O3/c1-16(31)30-9-7-20(8-10-30)33-23-11-22(28-15-21(23)18(12-26)14-27-2)24(32)29-13-17-3-5-19(25)6-4-17/h3-6,11-12,14-15,20,22,28H,7-10,13,26H2,1-2H3,(H,29,32)/b18-12+,27-14?. The van der Waals surface area contributed by atoms with Gasteiger partial charge in [-0.3, -0.25) is 14.6 Å². The Kier molecular flexibility index (Phi) is 8.54. The lowest BCUT2D eigenvalue weighted by Crippen LogP contribution is -2.43. The molecule has 1 unspecified atom stereocenters. The number of hydrogen-bond donors (Lipinski definition) is 3. The molecule has 4 N–H and O–H groups in total. The fourth-order valence-electron chi connectivity index (χ4n) is 3.72. The number of ether oxygens (including phenoxy) is 1. The van der Waals surface area contributed by atoms with Gasteiger partial charge in [-0.25, -0.2) is 0 Å². The number of carbonyl (C=O) groups excluding carboxylic acids is 2. The second-order valence-electron chi connectivity index (χ2n) is 7.91. The Morgan fingerprint density at radius 3 is 2.61 bits per heavy atom. The highest BCUT2D eigenvalue weighted by Gasteiger charge is 2.28. The predicted molar refractivity (Wildman–Crippen MR) is 129 cm³/mol. The first-order chi connectivity index (χ1) is 15.9. The maximum atomic E-state index is 12.8. The monoisotopic (exact) mass is 471 g/mol. The van der Waals surface area contributed by atoms with Crippen molar-refractivity contribution >= 4 is 29.6 Å². The number of piperidine rings is 1. The molecule has 176 valence electrons. The third kappa shape index (κ3) is 6.61. The maximum Gasteiger partial charge on any atom is 0.246 e. The van der Waals surface area contributed by atoms with Crippen LogP contribution < -0.4 is 16.4 Å². The van der Waals surface area contributed by atoms with Crippen LogP contribution in [-0.4, -0.2) is 55.2 Å². The number of rotatable bonds is 7. The van der Waals surface area contributed by atoms with Crippen molar-refractivity contribution in [1.29, 1.82) is 0 Å². The molecule has 0 aliphatic carbocycles. The lowest BCUT2D eigenvalue weighted by molar-refractivity contribution is -0.131. The third-order valence-corrected chi connectivity index (χ3v) is 5.84. The van der Waals surface area contributed by atoms with E-state index in [1.165, 1.54) is 6.20 Å². The Morgan fingerprint density at radius 1 is 1.30 bits per heavy atom. The summed E-state index contributed by atoms with van der Waals surface area (Å²) in [5.74, 6) is 0.452. The minimum atomic E-state index is -0.606. The van der Waals surface area contributed by atoms with Gasteiger partial charge in [-0.15, -0.1) is 0 Å². The molecule has 1 aromatic carbocycles. The number of benzene rings is 1. The third-order valence-electron chi connectivity index (χ3n) is 5.59. The minimum Gasteiger partial charge on any atom is -0.490 e. The maximum absolute atomic E-state index is 12.8. The molecule has 33 heavy (non-hydrogen) atoms. The number of aliphatic imine (C=N–C) groups is 1. The summed E-state index contributed by atoms with van der Waals surface area (Å²) in [4.78, 5) is 30.3. The molecule has 8 nitrogen and oxygen atoms in total. The van der Waals surface area contributed by atoms with E-state index in [2.05, 4.69) is 15.6 Å². The Morgan fingerprint density at radius 2 is 2.00 bits per heavy atom. The second-order valence-corrected chi connectivity index (χ2v) is 8.35. The van der Waals surface area contributed by atoms with Gasteiger partial charge in [-0.2, -0.15) is 0 Å². The second kappa shape index (κ2) is 11.6. The molecule has 1 aromatic rings. The van der Waals surface area contributed by atoms with E-state index in [1.807, 2.05) is 17.0 Å². The van der Waals surface area contributed by atoms with Crippen molar-refractivity contribution in [3.63, 3.8) is 0 Å². The number of likely N-dealkylation sites (tertiary alicyclic amines) is 1. The molecule has 0 radical (unpaired) electrons. The summed E-state index contributed by atoms with van der Waals surface area (Å²) in [5, 5.41) is 6.69. The Hall–Kier alpha value is -3.26. The van der Waals surface area contributed by atoms with E-state index in [9.17, 15) is 9.59 Å². The van der Waals surface area contributed by atoms with E-state index in [1.54, 1.807) is 44.6 Å². The van der Waals surface area contributed by atoms with Gasteiger partial charge in [0, 0.05) is 81.2 Å². The van der Waals surface area contributed by atoms with Gasteiger partial charge in [0.05, 0.1) is 0 Å². The van der Waals surface area contributed by atoms with Gasteiger partial charge in [0.15, 0.2) is 0 Å². The SMILES string of the molecule is CN=C/C(=C\N)C1=CNC(C(=O)NCc2ccc(Cl)cc2)C=C1OC1CCN(C(C)=O)CC1. The molecule has 2 heterocycles. The molecule has 0 spiro atoms. The Bertz CT molecular complexity index is 976. The van der Waals surface area contributed by atoms with Crippen LogP contribution in [0.2, 0.25) is 5.02 Å². The van der Waals surface area contributed by atoms with E-state index in [0.717, 1.165) is 11.1 Å². The van der Waals surface area contributed by atoms with Crippen molar-refractivity contribution in [2.75, 3.05) is 20.1 Å². The van der Waals surface area contributed by atoms with E-state index >= 15 is 0 Å². The van der Waals surface area contributed by atoms with Crippen molar-refractivity contribution in [3.8, 4) is 0 Å². The quantitative estimate of drug-likeness (QED) is 0.528. The summed E-state index contributed by atoms with van der Waals surface area (Å²) in [7, 11) is 1.66. The first-order valence-corrected chi connectivity index (χ1v) is 11.3. The van der Waals surface area contributed by atoms with Gasteiger partial charge in [0.1, 0.15) is 17.9 Å². The highest BCUT2D eigenvalue weighted by Crippen LogP contribution is 2.27. The van der Waals surface area contributed by atoms with Crippen molar-refractivity contribution in [3.05, 3.63) is 70.2 Å². The number of allylic oxidation sites excluding steroid dienone is 1. The first-order valence-electron chi connectivity index (χ1n) is 10.9. The summed E-state index contributed by atoms with van der Waals surface area (Å²) in [6, 6.07) is 6.71. The zero-order valence-corrected chi connectivity index (χ0v) is 19.6. The van der Waals surface area contributed by atoms with Crippen LogP contribution in [0.1, 0.15) is 25.3 Å². The van der Waals surface area contributed by atoms with Crippen molar-refractivity contribution in [2.24, 2.45) is 10.7 Å². The van der Waals surface area contributed by atoms with Gasteiger partial charge >= 0.3 is 0 Å². The molecular formula is C24H30ClN5O3. The molecule has 2 aliphatic heterocycles. The summed E-state index contributed by atoms with van der Waals surface area (Å²) >= 11 is 5.92. The van der Waals surface area contributed by atoms with Gasteiger partial charge in [-0.1, -0.05) is 23.7 Å². The first kappa shape index (κ1) is 24.4. The van der Waals surface area contributed by atoms with E-state index < -0.39 is 6.04 Å². The molecular weight excluding hydrogens is 442 g/mol. The summed E-state index contributed by atoms with van der Waals surface area (Å²) < 4.78 is 6.32. The zero-order chi connectivity index (χ0) is 23.8. The summed E-state index contributed by atoms with van der Waals surface area (Å²) in [5.41, 5.74) is 8.16. The van der Waals surface area contributed by atoms with Crippen LogP contribution in [0.4, 0.5) is 0 Å². The zero-order valence-electron chi connectivity index (χ0n) is 18.9. The van der Waals surface area contributed by atoms with Crippen LogP contribution in [0.25, 0.3) is 0 Å². The van der Waals surface area contributed by atoms with E-state index in [-0.39, 0.29) is 17.9 Å². The van der Waals surface area contributed by atoms with Crippen LogP contribution in [0.5, 0.6) is 0 Å². The van der Waals surface area contributed by atoms with Crippen molar-refractivity contribution < 1.29 is 14.3 Å². The molecule has 2 amide bonds. The highest BCUT2D eigenvalue weighted by molar-refractivity contribution is 6.30. The number of amides is 2. The number of nitrogens with zero attached hydrogens (tertiary/aromatic N) is 2. The number of halogens is 1. The average molecular weight is 472 g/mol. The van der Waals surface area contributed by atoms with Crippen LogP contribution in [0, 0.1) is 0 Å². The van der Waals surface area contributed by atoms with Gasteiger partial charge < -0.3 is 26.0 Å².